The zero-order valence-electron chi connectivity index (χ0n) is 12.3. The number of halogens is 1. The van der Waals surface area contributed by atoms with Gasteiger partial charge in [-0.05, 0) is 18.1 Å². The molecule has 0 saturated carbocycles. The van der Waals surface area contributed by atoms with Gasteiger partial charge in [-0.15, -0.1) is 10.2 Å². The fraction of sp³-hybridized carbons (Fsp3) is 0.400. The van der Waals surface area contributed by atoms with Gasteiger partial charge < -0.3 is 5.32 Å². The van der Waals surface area contributed by atoms with Gasteiger partial charge in [0.1, 0.15) is 5.82 Å². The van der Waals surface area contributed by atoms with Crippen molar-refractivity contribution in [3.8, 4) is 0 Å². The lowest BCUT2D eigenvalue weighted by Gasteiger charge is -2.00. The quantitative estimate of drug-likeness (QED) is 0.437. The maximum absolute atomic E-state index is 13.5. The SMILES string of the molecule is CCCCCC(=O)Nc1nnc(SCc2ccccc2F)s1. The van der Waals surface area contributed by atoms with Crippen LogP contribution in [0.2, 0.25) is 0 Å². The summed E-state index contributed by atoms with van der Waals surface area (Å²) in [6, 6.07) is 6.67. The van der Waals surface area contributed by atoms with E-state index in [1.807, 2.05) is 0 Å². The monoisotopic (exact) mass is 339 g/mol. The molecule has 2 rings (SSSR count). The molecule has 0 spiro atoms. The van der Waals surface area contributed by atoms with Crippen LogP contribution in [0, 0.1) is 5.82 Å². The van der Waals surface area contributed by atoms with E-state index in [4.69, 9.17) is 0 Å². The molecular weight excluding hydrogens is 321 g/mol. The lowest BCUT2D eigenvalue weighted by molar-refractivity contribution is -0.116. The van der Waals surface area contributed by atoms with Crippen LogP contribution in [0.1, 0.15) is 38.2 Å². The van der Waals surface area contributed by atoms with E-state index in [0.29, 0.717) is 27.2 Å². The number of nitrogens with one attached hydrogen (secondary N) is 1. The molecule has 1 aromatic carbocycles. The third kappa shape index (κ3) is 5.38. The molecule has 0 atom stereocenters. The summed E-state index contributed by atoms with van der Waals surface area (Å²) < 4.78 is 14.2. The predicted octanol–water partition coefficient (Wildman–Crippen LogP) is 4.49. The molecular formula is C15H18FN3OS2. The largest absolute Gasteiger partial charge is 0.301 e. The fourth-order valence-corrected chi connectivity index (χ4v) is 3.55. The average molecular weight is 339 g/mol. The topological polar surface area (TPSA) is 54.9 Å². The van der Waals surface area contributed by atoms with Gasteiger partial charge in [-0.1, -0.05) is 61.1 Å². The van der Waals surface area contributed by atoms with Crippen LogP contribution in [0.3, 0.4) is 0 Å². The van der Waals surface area contributed by atoms with Crippen molar-refractivity contribution >= 4 is 34.1 Å². The molecule has 0 saturated heterocycles. The molecule has 0 unspecified atom stereocenters. The Morgan fingerprint density at radius 1 is 1.32 bits per heavy atom. The van der Waals surface area contributed by atoms with Gasteiger partial charge in [-0.25, -0.2) is 4.39 Å². The Morgan fingerprint density at radius 3 is 2.91 bits per heavy atom. The molecule has 0 fully saturated rings. The van der Waals surface area contributed by atoms with Gasteiger partial charge in [0.15, 0.2) is 4.34 Å². The predicted molar refractivity (Wildman–Crippen MR) is 88.6 cm³/mol. The molecule has 1 aromatic heterocycles. The van der Waals surface area contributed by atoms with Crippen LogP contribution >= 0.6 is 23.1 Å². The number of anilines is 1. The summed E-state index contributed by atoms with van der Waals surface area (Å²) in [5.74, 6) is 0.241. The highest BCUT2D eigenvalue weighted by molar-refractivity contribution is 8.00. The second-order valence-corrected chi connectivity index (χ2v) is 6.96. The fourth-order valence-electron chi connectivity index (χ4n) is 1.79. The highest BCUT2D eigenvalue weighted by Gasteiger charge is 2.09. The van der Waals surface area contributed by atoms with E-state index in [1.165, 1.54) is 29.2 Å². The molecule has 22 heavy (non-hydrogen) atoms. The van der Waals surface area contributed by atoms with Crippen LogP contribution < -0.4 is 5.32 Å². The molecule has 7 heteroatoms. The number of amides is 1. The molecule has 118 valence electrons. The summed E-state index contributed by atoms with van der Waals surface area (Å²) in [6.45, 7) is 2.10. The lowest BCUT2D eigenvalue weighted by Crippen LogP contribution is -2.10. The molecule has 1 amide bonds. The number of rotatable bonds is 8. The number of aromatic nitrogens is 2. The summed E-state index contributed by atoms with van der Waals surface area (Å²) in [5, 5.41) is 11.2. The number of nitrogens with zero attached hydrogens (tertiary/aromatic N) is 2. The molecule has 0 bridgehead atoms. The highest BCUT2D eigenvalue weighted by atomic mass is 32.2. The van der Waals surface area contributed by atoms with Gasteiger partial charge in [-0.3, -0.25) is 4.79 Å². The average Bonchev–Trinajstić information content (AvgIpc) is 2.94. The van der Waals surface area contributed by atoms with E-state index in [1.54, 1.807) is 18.2 Å². The molecule has 2 aromatic rings. The number of hydrogen-bond donors (Lipinski definition) is 1. The third-order valence-corrected chi connectivity index (χ3v) is 4.99. The molecule has 0 aliphatic carbocycles. The first-order valence-electron chi connectivity index (χ1n) is 7.18. The van der Waals surface area contributed by atoms with Gasteiger partial charge >= 0.3 is 0 Å². The van der Waals surface area contributed by atoms with Crippen molar-refractivity contribution in [2.45, 2.75) is 42.7 Å². The van der Waals surface area contributed by atoms with Gasteiger partial charge in [0.05, 0.1) is 0 Å². The van der Waals surface area contributed by atoms with E-state index in [0.717, 1.165) is 19.3 Å². The Balaban J connectivity index is 1.81. The van der Waals surface area contributed by atoms with Gasteiger partial charge in [-0.2, -0.15) is 0 Å². The van der Waals surface area contributed by atoms with Crippen molar-refractivity contribution in [3.63, 3.8) is 0 Å². The van der Waals surface area contributed by atoms with Crippen molar-refractivity contribution in [1.29, 1.82) is 0 Å². The summed E-state index contributed by atoms with van der Waals surface area (Å²) in [6.07, 6.45) is 3.53. The summed E-state index contributed by atoms with van der Waals surface area (Å²) >= 11 is 2.72. The third-order valence-electron chi connectivity index (χ3n) is 2.97. The van der Waals surface area contributed by atoms with Crippen molar-refractivity contribution in [1.82, 2.24) is 10.2 Å². The molecule has 4 nitrogen and oxygen atoms in total. The van der Waals surface area contributed by atoms with Crippen LogP contribution in [-0.4, -0.2) is 16.1 Å². The Kier molecular flexibility index (Phi) is 6.79. The second-order valence-electron chi connectivity index (χ2n) is 4.76. The molecule has 0 aliphatic heterocycles. The van der Waals surface area contributed by atoms with E-state index < -0.39 is 0 Å². The number of carbonyl (C=O) groups is 1. The Bertz CT molecular complexity index is 618. The van der Waals surface area contributed by atoms with Crippen LogP contribution in [0.25, 0.3) is 0 Å². The van der Waals surface area contributed by atoms with Crippen LogP contribution in [0.5, 0.6) is 0 Å². The maximum atomic E-state index is 13.5. The standard InChI is InChI=1S/C15H18FN3OS2/c1-2-3-4-9-13(20)17-14-18-19-15(22-14)21-10-11-7-5-6-8-12(11)16/h5-8H,2-4,9-10H2,1H3,(H,17,18,20). The van der Waals surface area contributed by atoms with Crippen molar-refractivity contribution in [3.05, 3.63) is 35.6 Å². The van der Waals surface area contributed by atoms with Gasteiger partial charge in [0, 0.05) is 12.2 Å². The molecule has 0 aliphatic rings. The maximum Gasteiger partial charge on any atom is 0.226 e. The first-order valence-corrected chi connectivity index (χ1v) is 8.99. The number of hydrogen-bond acceptors (Lipinski definition) is 5. The summed E-state index contributed by atoms with van der Waals surface area (Å²) in [4.78, 5) is 11.7. The number of carbonyl (C=O) groups excluding carboxylic acids is 1. The number of benzene rings is 1. The first-order chi connectivity index (χ1) is 10.7. The number of thioether (sulfide) groups is 1. The van der Waals surface area contributed by atoms with Gasteiger partial charge in [0.2, 0.25) is 11.0 Å². The Morgan fingerprint density at radius 2 is 2.14 bits per heavy atom. The second kappa shape index (κ2) is 8.85. The lowest BCUT2D eigenvalue weighted by atomic mass is 10.2. The highest BCUT2D eigenvalue weighted by Crippen LogP contribution is 2.29. The molecule has 0 radical (unpaired) electrons. The Labute approximate surface area is 137 Å². The van der Waals surface area contributed by atoms with E-state index in [2.05, 4.69) is 22.4 Å². The first kappa shape index (κ1) is 16.9. The minimum atomic E-state index is -0.219. The van der Waals surface area contributed by atoms with Gasteiger partial charge in [0.25, 0.3) is 0 Å². The van der Waals surface area contributed by atoms with Crippen molar-refractivity contribution in [2.75, 3.05) is 5.32 Å². The smallest absolute Gasteiger partial charge is 0.226 e. The normalized spacial score (nSPS) is 10.6. The van der Waals surface area contributed by atoms with E-state index >= 15 is 0 Å². The van der Waals surface area contributed by atoms with E-state index in [-0.39, 0.29) is 11.7 Å². The minimum absolute atomic E-state index is 0.0322. The zero-order valence-corrected chi connectivity index (χ0v) is 14.0. The molecule has 1 heterocycles. The summed E-state index contributed by atoms with van der Waals surface area (Å²) in [5.41, 5.74) is 0.632. The Hall–Kier alpha value is -1.47. The minimum Gasteiger partial charge on any atom is -0.301 e. The van der Waals surface area contributed by atoms with E-state index in [9.17, 15) is 9.18 Å². The van der Waals surface area contributed by atoms with Crippen LogP contribution in [-0.2, 0) is 10.5 Å². The summed E-state index contributed by atoms with van der Waals surface area (Å²) in [7, 11) is 0. The van der Waals surface area contributed by atoms with Crippen LogP contribution in [0.4, 0.5) is 9.52 Å². The van der Waals surface area contributed by atoms with Crippen LogP contribution in [0.15, 0.2) is 28.6 Å². The van der Waals surface area contributed by atoms with Crippen molar-refractivity contribution in [2.24, 2.45) is 0 Å². The molecule has 1 N–H and O–H groups in total. The number of unbranched alkanes of at least 4 members (excludes halogenated alkanes) is 2. The van der Waals surface area contributed by atoms with Crippen molar-refractivity contribution < 1.29 is 9.18 Å². The zero-order chi connectivity index (χ0) is 15.8.